The molecule has 2 amide bonds. The van der Waals surface area contributed by atoms with Gasteiger partial charge in [0.25, 0.3) is 5.91 Å². The van der Waals surface area contributed by atoms with Crippen molar-refractivity contribution in [2.24, 2.45) is 5.92 Å². The third-order valence-electron chi connectivity index (χ3n) is 3.69. The fourth-order valence-corrected chi connectivity index (χ4v) is 2.85. The lowest BCUT2D eigenvalue weighted by atomic mass is 9.99. The van der Waals surface area contributed by atoms with Gasteiger partial charge in [0.05, 0.1) is 5.92 Å². The topological polar surface area (TPSA) is 70.2 Å². The third kappa shape index (κ3) is 6.89. The van der Waals surface area contributed by atoms with Crippen LogP contribution in [0.5, 0.6) is 0 Å². The second-order valence-corrected chi connectivity index (χ2v) is 6.37. The lowest BCUT2D eigenvalue weighted by molar-refractivity contribution is -0.125. The Bertz CT molecular complexity index is 522. The fourth-order valence-electron chi connectivity index (χ4n) is 2.45. The lowest BCUT2D eigenvalue weighted by Crippen LogP contribution is -2.41. The molecular weight excluding hydrogens is 382 g/mol. The monoisotopic (exact) mass is 403 g/mol. The van der Waals surface area contributed by atoms with Crippen molar-refractivity contribution in [1.82, 2.24) is 16.0 Å². The number of amides is 2. The van der Waals surface area contributed by atoms with Gasteiger partial charge in [0.15, 0.2) is 0 Å². The van der Waals surface area contributed by atoms with E-state index in [0.29, 0.717) is 18.7 Å². The predicted octanol–water partition coefficient (Wildman–Crippen LogP) is 2.11. The van der Waals surface area contributed by atoms with Crippen LogP contribution in [0.15, 0.2) is 28.7 Å². The number of carbonyl (C=O) groups is 2. The Labute approximate surface area is 151 Å². The Hall–Kier alpha value is -1.11. The molecule has 1 unspecified atom stereocenters. The molecule has 0 spiro atoms. The number of benzene rings is 1. The van der Waals surface area contributed by atoms with Crippen molar-refractivity contribution in [3.63, 3.8) is 0 Å². The van der Waals surface area contributed by atoms with E-state index in [1.807, 2.05) is 12.1 Å². The molecule has 1 fully saturated rings. The summed E-state index contributed by atoms with van der Waals surface area (Å²) in [6.45, 7) is 2.92. The number of hydrogen-bond acceptors (Lipinski definition) is 3. The minimum Gasteiger partial charge on any atom is -0.356 e. The van der Waals surface area contributed by atoms with Crippen LogP contribution in [-0.4, -0.2) is 38.0 Å². The van der Waals surface area contributed by atoms with Crippen LogP contribution in [-0.2, 0) is 4.79 Å². The van der Waals surface area contributed by atoms with E-state index in [9.17, 15) is 9.59 Å². The SMILES string of the molecule is Cl.O=C(NCCCNC(=O)C1CCCNC1)c1cccc(Br)c1. The van der Waals surface area contributed by atoms with E-state index >= 15 is 0 Å². The first kappa shape index (κ1) is 19.9. The summed E-state index contributed by atoms with van der Waals surface area (Å²) in [5.74, 6) is 0.111. The maximum Gasteiger partial charge on any atom is 0.251 e. The van der Waals surface area contributed by atoms with Crippen molar-refractivity contribution in [3.05, 3.63) is 34.3 Å². The van der Waals surface area contributed by atoms with E-state index < -0.39 is 0 Å². The summed E-state index contributed by atoms with van der Waals surface area (Å²) in [5.41, 5.74) is 0.631. The highest BCUT2D eigenvalue weighted by Crippen LogP contribution is 2.11. The highest BCUT2D eigenvalue weighted by Gasteiger charge is 2.19. The van der Waals surface area contributed by atoms with Crippen LogP contribution in [0.2, 0.25) is 0 Å². The van der Waals surface area contributed by atoms with Crippen molar-refractivity contribution in [3.8, 4) is 0 Å². The van der Waals surface area contributed by atoms with Gasteiger partial charge in [-0.1, -0.05) is 22.0 Å². The summed E-state index contributed by atoms with van der Waals surface area (Å²) in [6.07, 6.45) is 2.74. The normalized spacial score (nSPS) is 17.0. The maximum absolute atomic E-state index is 11.9. The summed E-state index contributed by atoms with van der Waals surface area (Å²) < 4.78 is 0.883. The second kappa shape index (κ2) is 10.6. The Morgan fingerprint density at radius 2 is 2.04 bits per heavy atom. The molecule has 2 rings (SSSR count). The summed E-state index contributed by atoms with van der Waals surface area (Å²) >= 11 is 3.34. The van der Waals surface area contributed by atoms with Gasteiger partial charge in [-0.05, 0) is 44.0 Å². The highest BCUT2D eigenvalue weighted by atomic mass is 79.9. The van der Waals surface area contributed by atoms with Crippen molar-refractivity contribution >= 4 is 40.2 Å². The molecule has 0 aromatic heterocycles. The van der Waals surface area contributed by atoms with Gasteiger partial charge < -0.3 is 16.0 Å². The Balaban J connectivity index is 0.00000264. The van der Waals surface area contributed by atoms with Crippen LogP contribution < -0.4 is 16.0 Å². The molecule has 23 heavy (non-hydrogen) atoms. The van der Waals surface area contributed by atoms with Crippen molar-refractivity contribution in [1.29, 1.82) is 0 Å². The van der Waals surface area contributed by atoms with Crippen molar-refractivity contribution < 1.29 is 9.59 Å². The van der Waals surface area contributed by atoms with E-state index in [-0.39, 0.29) is 30.1 Å². The zero-order chi connectivity index (χ0) is 15.8. The molecule has 5 nitrogen and oxygen atoms in total. The smallest absolute Gasteiger partial charge is 0.251 e. The number of rotatable bonds is 6. The van der Waals surface area contributed by atoms with E-state index in [1.54, 1.807) is 12.1 Å². The summed E-state index contributed by atoms with van der Waals surface area (Å²) in [4.78, 5) is 23.8. The van der Waals surface area contributed by atoms with E-state index in [2.05, 4.69) is 31.9 Å². The molecule has 0 saturated carbocycles. The zero-order valence-electron chi connectivity index (χ0n) is 12.9. The van der Waals surface area contributed by atoms with Gasteiger partial charge in [0, 0.05) is 29.7 Å². The van der Waals surface area contributed by atoms with Gasteiger partial charge in [-0.3, -0.25) is 9.59 Å². The molecule has 3 N–H and O–H groups in total. The first-order chi connectivity index (χ1) is 10.7. The first-order valence-electron chi connectivity index (χ1n) is 7.69. The zero-order valence-corrected chi connectivity index (χ0v) is 15.3. The molecule has 1 aliphatic heterocycles. The standard InChI is InChI=1S/C16H22BrN3O2.ClH/c17-14-6-1-4-12(10-14)15(21)19-8-3-9-20-16(22)13-5-2-7-18-11-13;/h1,4,6,10,13,18H,2-3,5,7-9,11H2,(H,19,21)(H,20,22);1H. The molecular formula is C16H23BrClN3O2. The Morgan fingerprint density at radius 3 is 2.74 bits per heavy atom. The average Bonchev–Trinajstić information content (AvgIpc) is 2.55. The van der Waals surface area contributed by atoms with Gasteiger partial charge in [0.1, 0.15) is 0 Å². The number of hydrogen-bond donors (Lipinski definition) is 3. The van der Waals surface area contributed by atoms with E-state index in [1.165, 1.54) is 0 Å². The molecule has 1 aliphatic rings. The van der Waals surface area contributed by atoms with E-state index in [0.717, 1.165) is 36.8 Å². The van der Waals surface area contributed by atoms with Gasteiger partial charge in [0.2, 0.25) is 5.91 Å². The molecule has 0 radical (unpaired) electrons. The minimum absolute atomic E-state index is 0. The summed E-state index contributed by atoms with van der Waals surface area (Å²) in [7, 11) is 0. The van der Waals surface area contributed by atoms with Crippen LogP contribution in [0.25, 0.3) is 0 Å². The molecule has 1 saturated heterocycles. The van der Waals surface area contributed by atoms with Gasteiger partial charge in [-0.25, -0.2) is 0 Å². The Morgan fingerprint density at radius 1 is 1.26 bits per heavy atom. The second-order valence-electron chi connectivity index (χ2n) is 5.45. The van der Waals surface area contributed by atoms with Crippen LogP contribution in [0.1, 0.15) is 29.6 Å². The molecule has 1 atom stereocenters. The molecule has 128 valence electrons. The predicted molar refractivity (Wildman–Crippen MR) is 96.9 cm³/mol. The molecule has 0 aliphatic carbocycles. The molecule has 1 aromatic rings. The molecule has 1 heterocycles. The largest absolute Gasteiger partial charge is 0.356 e. The summed E-state index contributed by atoms with van der Waals surface area (Å²) in [6, 6.07) is 7.27. The lowest BCUT2D eigenvalue weighted by Gasteiger charge is -2.21. The fraction of sp³-hybridized carbons (Fsp3) is 0.500. The first-order valence-corrected chi connectivity index (χ1v) is 8.48. The maximum atomic E-state index is 11.9. The molecule has 0 bridgehead atoms. The number of nitrogens with one attached hydrogen (secondary N) is 3. The van der Waals surface area contributed by atoms with Crippen LogP contribution in [0, 0.1) is 5.92 Å². The van der Waals surface area contributed by atoms with Crippen molar-refractivity contribution in [2.45, 2.75) is 19.3 Å². The number of carbonyl (C=O) groups excluding carboxylic acids is 2. The molecule has 1 aromatic carbocycles. The molecule has 7 heteroatoms. The van der Waals surface area contributed by atoms with Gasteiger partial charge in [-0.2, -0.15) is 0 Å². The third-order valence-corrected chi connectivity index (χ3v) is 4.19. The van der Waals surface area contributed by atoms with Crippen LogP contribution in [0.4, 0.5) is 0 Å². The Kier molecular flexibility index (Phi) is 9.21. The number of piperidine rings is 1. The quantitative estimate of drug-likeness (QED) is 0.636. The van der Waals surface area contributed by atoms with Gasteiger partial charge >= 0.3 is 0 Å². The van der Waals surface area contributed by atoms with E-state index in [4.69, 9.17) is 0 Å². The van der Waals surface area contributed by atoms with Crippen LogP contribution >= 0.6 is 28.3 Å². The summed E-state index contributed by atoms with van der Waals surface area (Å²) in [5, 5.41) is 9.03. The van der Waals surface area contributed by atoms with Gasteiger partial charge in [-0.15, -0.1) is 12.4 Å². The average molecular weight is 405 g/mol. The van der Waals surface area contributed by atoms with Crippen molar-refractivity contribution in [2.75, 3.05) is 26.2 Å². The van der Waals surface area contributed by atoms with Crippen LogP contribution in [0.3, 0.4) is 0 Å². The highest BCUT2D eigenvalue weighted by molar-refractivity contribution is 9.10. The minimum atomic E-state index is -0.0934. The number of halogens is 2.